The summed E-state index contributed by atoms with van der Waals surface area (Å²) in [4.78, 5) is 15.1. The van der Waals surface area contributed by atoms with Crippen LogP contribution in [0.15, 0.2) is 18.2 Å². The average molecular weight is 278 g/mol. The normalized spacial score (nSPS) is 20.9. The van der Waals surface area contributed by atoms with E-state index in [1.54, 1.807) is 19.1 Å². The molecule has 110 valence electrons. The third-order valence-corrected chi connectivity index (χ3v) is 3.92. The Kier molecular flexibility index (Phi) is 4.57. The van der Waals surface area contributed by atoms with Gasteiger partial charge in [-0.3, -0.25) is 15.0 Å². The molecule has 1 atom stereocenters. The van der Waals surface area contributed by atoms with Crippen molar-refractivity contribution in [2.75, 3.05) is 45.6 Å². The van der Waals surface area contributed by atoms with Crippen molar-refractivity contribution in [1.29, 1.82) is 0 Å². The zero-order chi connectivity index (χ0) is 14.7. The molecular formula is C14H22N4O2. The highest BCUT2D eigenvalue weighted by atomic mass is 16.6. The number of nitrogens with one attached hydrogen (secondary N) is 1. The third-order valence-electron chi connectivity index (χ3n) is 3.92. The van der Waals surface area contributed by atoms with Crippen molar-refractivity contribution in [1.82, 2.24) is 9.80 Å². The molecular weight excluding hydrogens is 256 g/mol. The van der Waals surface area contributed by atoms with Gasteiger partial charge in [0.05, 0.1) is 4.92 Å². The lowest BCUT2D eigenvalue weighted by Gasteiger charge is -2.37. The lowest BCUT2D eigenvalue weighted by molar-refractivity contribution is -0.385. The molecule has 1 aromatic rings. The summed E-state index contributed by atoms with van der Waals surface area (Å²) in [5, 5.41) is 14.2. The summed E-state index contributed by atoms with van der Waals surface area (Å²) in [6.45, 7) is 5.82. The molecule has 1 aliphatic rings. The first-order valence-electron chi connectivity index (χ1n) is 6.85. The Bertz CT molecular complexity index is 492. The van der Waals surface area contributed by atoms with E-state index in [1.807, 2.05) is 6.07 Å². The number of nitro groups is 1. The summed E-state index contributed by atoms with van der Waals surface area (Å²) >= 11 is 0. The molecule has 1 aliphatic heterocycles. The van der Waals surface area contributed by atoms with E-state index in [0.29, 0.717) is 11.6 Å². The molecule has 0 aliphatic carbocycles. The van der Waals surface area contributed by atoms with Crippen LogP contribution in [0.5, 0.6) is 0 Å². The van der Waals surface area contributed by atoms with Crippen molar-refractivity contribution in [3.05, 3.63) is 33.9 Å². The summed E-state index contributed by atoms with van der Waals surface area (Å²) in [5.74, 6) is 0. The smallest absolute Gasteiger partial charge is 0.272 e. The van der Waals surface area contributed by atoms with Gasteiger partial charge in [-0.15, -0.1) is 0 Å². The Hall–Kier alpha value is -1.66. The van der Waals surface area contributed by atoms with Crippen molar-refractivity contribution < 1.29 is 4.92 Å². The maximum Gasteiger partial charge on any atom is 0.272 e. The van der Waals surface area contributed by atoms with Gasteiger partial charge >= 0.3 is 0 Å². The molecule has 1 unspecified atom stereocenters. The van der Waals surface area contributed by atoms with E-state index in [0.717, 1.165) is 31.9 Å². The lowest BCUT2D eigenvalue weighted by atomic mass is 10.1. The van der Waals surface area contributed by atoms with Crippen LogP contribution < -0.4 is 5.32 Å². The second kappa shape index (κ2) is 6.19. The molecule has 1 aromatic carbocycles. The van der Waals surface area contributed by atoms with E-state index < -0.39 is 0 Å². The van der Waals surface area contributed by atoms with Crippen molar-refractivity contribution >= 4 is 11.4 Å². The van der Waals surface area contributed by atoms with Gasteiger partial charge in [0.15, 0.2) is 0 Å². The van der Waals surface area contributed by atoms with Gasteiger partial charge in [0.25, 0.3) is 5.69 Å². The molecule has 0 amide bonds. The predicted molar refractivity (Wildman–Crippen MR) is 80.2 cm³/mol. The fourth-order valence-corrected chi connectivity index (χ4v) is 2.53. The van der Waals surface area contributed by atoms with E-state index in [9.17, 15) is 10.1 Å². The number of hydrogen-bond acceptors (Lipinski definition) is 5. The van der Waals surface area contributed by atoms with E-state index in [-0.39, 0.29) is 10.6 Å². The number of aryl methyl sites for hydroxylation is 1. The first-order chi connectivity index (χ1) is 9.47. The number of piperazine rings is 1. The van der Waals surface area contributed by atoms with Crippen molar-refractivity contribution in [3.63, 3.8) is 0 Å². The van der Waals surface area contributed by atoms with Gasteiger partial charge < -0.3 is 10.2 Å². The van der Waals surface area contributed by atoms with Crippen LogP contribution in [-0.2, 0) is 0 Å². The van der Waals surface area contributed by atoms with Gasteiger partial charge in [-0.1, -0.05) is 0 Å². The highest BCUT2D eigenvalue weighted by molar-refractivity contribution is 5.53. The Morgan fingerprint density at radius 1 is 1.40 bits per heavy atom. The Morgan fingerprint density at radius 3 is 2.80 bits per heavy atom. The summed E-state index contributed by atoms with van der Waals surface area (Å²) in [6, 6.07) is 5.64. The second-order valence-corrected chi connectivity index (χ2v) is 5.54. The van der Waals surface area contributed by atoms with Gasteiger partial charge in [0.2, 0.25) is 0 Å². The van der Waals surface area contributed by atoms with Crippen LogP contribution >= 0.6 is 0 Å². The summed E-state index contributed by atoms with van der Waals surface area (Å²) in [5.41, 5.74) is 1.80. The van der Waals surface area contributed by atoms with Crippen molar-refractivity contribution in [2.24, 2.45) is 0 Å². The molecule has 0 spiro atoms. The maximum absolute atomic E-state index is 10.8. The largest absolute Gasteiger partial charge is 0.383 e. The quantitative estimate of drug-likeness (QED) is 0.669. The highest BCUT2D eigenvalue weighted by Crippen LogP contribution is 2.21. The lowest BCUT2D eigenvalue weighted by Crippen LogP contribution is -2.52. The number of hydrogen-bond donors (Lipinski definition) is 1. The molecule has 1 heterocycles. The van der Waals surface area contributed by atoms with Crippen LogP contribution in [0.1, 0.15) is 5.56 Å². The molecule has 1 fully saturated rings. The number of nitro benzene ring substituents is 1. The molecule has 20 heavy (non-hydrogen) atoms. The van der Waals surface area contributed by atoms with Crippen LogP contribution in [-0.4, -0.2) is 61.0 Å². The molecule has 0 aromatic heterocycles. The molecule has 6 nitrogen and oxygen atoms in total. The number of nitrogens with zero attached hydrogens (tertiary/aromatic N) is 3. The van der Waals surface area contributed by atoms with Gasteiger partial charge in [-0.05, 0) is 33.2 Å². The van der Waals surface area contributed by atoms with Gasteiger partial charge in [-0.25, -0.2) is 0 Å². The number of benzene rings is 1. The third kappa shape index (κ3) is 3.46. The minimum Gasteiger partial charge on any atom is -0.383 e. The minimum absolute atomic E-state index is 0.171. The second-order valence-electron chi connectivity index (χ2n) is 5.54. The highest BCUT2D eigenvalue weighted by Gasteiger charge is 2.21. The van der Waals surface area contributed by atoms with Crippen LogP contribution in [0.3, 0.4) is 0 Å². The zero-order valence-electron chi connectivity index (χ0n) is 12.3. The van der Waals surface area contributed by atoms with Crippen LogP contribution in [0.2, 0.25) is 0 Å². The maximum atomic E-state index is 10.8. The SMILES string of the molecule is Cc1cc(NCC2CN(C)CCN2C)ccc1[N+](=O)[O-]. The predicted octanol–water partition coefficient (Wildman–Crippen LogP) is 1.56. The van der Waals surface area contributed by atoms with Crippen molar-refractivity contribution in [3.8, 4) is 0 Å². The molecule has 6 heteroatoms. The summed E-state index contributed by atoms with van der Waals surface area (Å²) < 4.78 is 0. The average Bonchev–Trinajstić information content (AvgIpc) is 2.39. The van der Waals surface area contributed by atoms with E-state index >= 15 is 0 Å². The fourth-order valence-electron chi connectivity index (χ4n) is 2.53. The zero-order valence-corrected chi connectivity index (χ0v) is 12.3. The Balaban J connectivity index is 1.97. The molecule has 1 saturated heterocycles. The first-order valence-corrected chi connectivity index (χ1v) is 6.85. The number of anilines is 1. The molecule has 0 radical (unpaired) electrons. The topological polar surface area (TPSA) is 61.6 Å². The van der Waals surface area contributed by atoms with Crippen molar-refractivity contribution in [2.45, 2.75) is 13.0 Å². The van der Waals surface area contributed by atoms with Crippen LogP contribution in [0.4, 0.5) is 11.4 Å². The fraction of sp³-hybridized carbons (Fsp3) is 0.571. The monoisotopic (exact) mass is 278 g/mol. The molecule has 1 N–H and O–H groups in total. The van der Waals surface area contributed by atoms with Gasteiger partial charge in [-0.2, -0.15) is 0 Å². The summed E-state index contributed by atoms with van der Waals surface area (Å²) in [6.07, 6.45) is 0. The molecule has 0 saturated carbocycles. The first kappa shape index (κ1) is 14.7. The van der Waals surface area contributed by atoms with Crippen LogP contribution in [0, 0.1) is 17.0 Å². The number of likely N-dealkylation sites (N-methyl/N-ethyl adjacent to an activating group) is 2. The van der Waals surface area contributed by atoms with Gasteiger partial charge in [0.1, 0.15) is 0 Å². The van der Waals surface area contributed by atoms with E-state index in [2.05, 4.69) is 29.2 Å². The van der Waals surface area contributed by atoms with Gasteiger partial charge in [0, 0.05) is 49.5 Å². The van der Waals surface area contributed by atoms with E-state index in [4.69, 9.17) is 0 Å². The minimum atomic E-state index is -0.344. The Morgan fingerprint density at radius 2 is 2.15 bits per heavy atom. The number of rotatable bonds is 4. The summed E-state index contributed by atoms with van der Waals surface area (Å²) in [7, 11) is 4.27. The molecule has 0 bridgehead atoms. The Labute approximate surface area is 119 Å². The van der Waals surface area contributed by atoms with E-state index in [1.165, 1.54) is 0 Å². The van der Waals surface area contributed by atoms with Crippen LogP contribution in [0.25, 0.3) is 0 Å². The standard InChI is InChI=1S/C14H22N4O2/c1-11-8-12(4-5-14(11)18(19)20)15-9-13-10-16(2)6-7-17(13)3/h4-5,8,13,15H,6-7,9-10H2,1-3H3. The molecule has 2 rings (SSSR count).